The second kappa shape index (κ2) is 8.58. The van der Waals surface area contributed by atoms with Gasteiger partial charge in [0.25, 0.3) is 5.56 Å². The summed E-state index contributed by atoms with van der Waals surface area (Å²) in [7, 11) is 0. The van der Waals surface area contributed by atoms with E-state index < -0.39 is 5.56 Å². The molecule has 0 atom stereocenters. The predicted octanol–water partition coefficient (Wildman–Crippen LogP) is 2.50. The number of fused-ring (bicyclic) bond motifs is 1. The summed E-state index contributed by atoms with van der Waals surface area (Å²) < 4.78 is 2.75. The first-order chi connectivity index (χ1) is 16.0. The Morgan fingerprint density at radius 1 is 1.06 bits per heavy atom. The first kappa shape index (κ1) is 21.6. The molecule has 1 aliphatic carbocycles. The fourth-order valence-corrected chi connectivity index (χ4v) is 4.45. The molecule has 0 bridgehead atoms. The van der Waals surface area contributed by atoms with E-state index in [2.05, 4.69) is 37.5 Å². The Kier molecular flexibility index (Phi) is 5.61. The molecule has 33 heavy (non-hydrogen) atoms. The lowest BCUT2D eigenvalue weighted by Crippen LogP contribution is -2.40. The highest BCUT2D eigenvalue weighted by Crippen LogP contribution is 2.51. The molecule has 0 amide bonds. The number of unbranched alkanes of at least 4 members (excludes halogenated alkanes) is 1. The van der Waals surface area contributed by atoms with Gasteiger partial charge in [-0.25, -0.2) is 4.79 Å². The van der Waals surface area contributed by atoms with Gasteiger partial charge in [-0.2, -0.15) is 9.78 Å². The first-order valence-electron chi connectivity index (χ1n) is 11.3. The van der Waals surface area contributed by atoms with Gasteiger partial charge in [0.2, 0.25) is 5.28 Å². The van der Waals surface area contributed by atoms with Gasteiger partial charge in [-0.05, 0) is 48.1 Å². The molecule has 1 aliphatic rings. The molecule has 0 aliphatic heterocycles. The highest BCUT2D eigenvalue weighted by Gasteiger charge is 2.49. The fraction of sp³-hybridized carbons (Fsp3) is 0.455. The number of rotatable bonds is 9. The van der Waals surface area contributed by atoms with Crippen molar-refractivity contribution >= 4 is 22.8 Å². The number of imidazole rings is 1. The number of nitrogens with one attached hydrogen (secondary N) is 1. The molecule has 1 aromatic carbocycles. The molecule has 172 valence electrons. The summed E-state index contributed by atoms with van der Waals surface area (Å²) in [5.74, 6) is 0.723. The van der Waals surface area contributed by atoms with Gasteiger partial charge in [-0.1, -0.05) is 43.7 Å². The van der Waals surface area contributed by atoms with E-state index in [4.69, 9.17) is 11.6 Å². The van der Waals surface area contributed by atoms with Gasteiger partial charge in [0.15, 0.2) is 17.0 Å². The third-order valence-corrected chi connectivity index (χ3v) is 6.44. The average molecular weight is 469 g/mol. The number of nitrogens with zero attached hydrogens (tertiary/aromatic N) is 7. The van der Waals surface area contributed by atoms with Crippen LogP contribution in [-0.4, -0.2) is 39.3 Å². The number of hydrogen-bond donors (Lipinski definition) is 1. The lowest BCUT2D eigenvalue weighted by Gasteiger charge is -2.11. The zero-order valence-electron chi connectivity index (χ0n) is 18.4. The minimum Gasteiger partial charge on any atom is -0.323 e. The van der Waals surface area contributed by atoms with E-state index in [-0.39, 0.29) is 28.4 Å². The van der Waals surface area contributed by atoms with Crippen molar-refractivity contribution in [3.63, 3.8) is 0 Å². The smallest absolute Gasteiger partial charge is 0.323 e. The Morgan fingerprint density at radius 2 is 1.82 bits per heavy atom. The standard InChI is InChI=1S/C22H25ClN8O2/c1-2-3-12-29-17-16(24-20(23)25-17)18(32)30(21(29)33)13-7-14-31-27-19(26-28-31)22(10-11-22)15-8-5-4-6-9-15/h4-6,8-9H,2-3,7,10-14H2,1H3,(H,24,25). The quantitative estimate of drug-likeness (QED) is 0.377. The summed E-state index contributed by atoms with van der Waals surface area (Å²) >= 11 is 5.98. The van der Waals surface area contributed by atoms with Crippen molar-refractivity contribution in [1.82, 2.24) is 39.3 Å². The molecule has 0 radical (unpaired) electrons. The third kappa shape index (κ3) is 3.88. The molecule has 10 nitrogen and oxygen atoms in total. The van der Waals surface area contributed by atoms with Crippen molar-refractivity contribution in [1.29, 1.82) is 0 Å². The van der Waals surface area contributed by atoms with Gasteiger partial charge < -0.3 is 4.98 Å². The molecule has 1 N–H and O–H groups in total. The summed E-state index contributed by atoms with van der Waals surface area (Å²) in [6, 6.07) is 10.2. The minimum atomic E-state index is -0.421. The zero-order chi connectivity index (χ0) is 23.0. The molecule has 0 saturated heterocycles. The van der Waals surface area contributed by atoms with E-state index >= 15 is 0 Å². The summed E-state index contributed by atoms with van der Waals surface area (Å²) in [5, 5.41) is 13.2. The average Bonchev–Trinajstić information content (AvgIpc) is 3.33. The molecular formula is C22H25ClN8O2. The van der Waals surface area contributed by atoms with E-state index in [1.54, 1.807) is 4.80 Å². The van der Waals surface area contributed by atoms with Crippen LogP contribution in [0.5, 0.6) is 0 Å². The monoisotopic (exact) mass is 468 g/mol. The molecule has 1 saturated carbocycles. The van der Waals surface area contributed by atoms with Crippen LogP contribution in [0.4, 0.5) is 0 Å². The van der Waals surface area contributed by atoms with Crippen LogP contribution >= 0.6 is 11.6 Å². The van der Waals surface area contributed by atoms with Crippen molar-refractivity contribution < 1.29 is 0 Å². The van der Waals surface area contributed by atoms with Crippen LogP contribution in [0.15, 0.2) is 39.9 Å². The Balaban J connectivity index is 1.34. The summed E-state index contributed by atoms with van der Waals surface area (Å²) in [6.07, 6.45) is 4.22. The van der Waals surface area contributed by atoms with E-state index in [1.165, 1.54) is 14.7 Å². The number of H-pyrrole nitrogens is 1. The zero-order valence-corrected chi connectivity index (χ0v) is 19.1. The molecule has 11 heteroatoms. The number of halogens is 1. The Morgan fingerprint density at radius 3 is 2.55 bits per heavy atom. The molecule has 3 heterocycles. The number of tetrazole rings is 1. The van der Waals surface area contributed by atoms with Crippen LogP contribution in [0.1, 0.15) is 50.4 Å². The van der Waals surface area contributed by atoms with E-state index in [0.29, 0.717) is 25.2 Å². The summed E-state index contributed by atoms with van der Waals surface area (Å²) in [5.41, 5.74) is 0.810. The molecule has 4 aromatic rings. The van der Waals surface area contributed by atoms with E-state index in [0.717, 1.165) is 31.5 Å². The number of aryl methyl sites for hydroxylation is 2. The lowest BCUT2D eigenvalue weighted by atomic mass is 9.95. The highest BCUT2D eigenvalue weighted by atomic mass is 35.5. The van der Waals surface area contributed by atoms with Gasteiger partial charge in [0, 0.05) is 13.1 Å². The summed E-state index contributed by atoms with van der Waals surface area (Å²) in [4.78, 5) is 34.4. The molecule has 1 fully saturated rings. The Labute approximate surface area is 194 Å². The van der Waals surface area contributed by atoms with Crippen molar-refractivity contribution in [2.24, 2.45) is 0 Å². The van der Waals surface area contributed by atoms with Crippen LogP contribution in [0, 0.1) is 0 Å². The lowest BCUT2D eigenvalue weighted by molar-refractivity contribution is 0.451. The van der Waals surface area contributed by atoms with Crippen LogP contribution in [0.2, 0.25) is 5.28 Å². The fourth-order valence-electron chi connectivity index (χ4n) is 4.28. The number of aromatic nitrogens is 8. The molecule has 0 spiro atoms. The third-order valence-electron chi connectivity index (χ3n) is 6.26. The molecule has 0 unspecified atom stereocenters. The van der Waals surface area contributed by atoms with Crippen LogP contribution in [0.3, 0.4) is 0 Å². The molecule has 5 rings (SSSR count). The SMILES string of the molecule is CCCCn1c(=O)n(CCCn2nnc(C3(c4ccccc4)CC3)n2)c(=O)c2[nH]c(Cl)nc21. The second-order valence-corrected chi connectivity index (χ2v) is 8.84. The van der Waals surface area contributed by atoms with Gasteiger partial charge in [0.05, 0.1) is 12.0 Å². The van der Waals surface area contributed by atoms with E-state index in [9.17, 15) is 9.59 Å². The van der Waals surface area contributed by atoms with E-state index in [1.807, 2.05) is 25.1 Å². The van der Waals surface area contributed by atoms with Gasteiger partial charge in [-0.3, -0.25) is 13.9 Å². The van der Waals surface area contributed by atoms with Crippen molar-refractivity contribution in [2.45, 2.75) is 64.1 Å². The number of hydrogen-bond acceptors (Lipinski definition) is 6. The Bertz CT molecular complexity index is 1400. The normalized spacial score (nSPS) is 14.7. The number of benzene rings is 1. The maximum atomic E-state index is 13.0. The van der Waals surface area contributed by atoms with Crippen LogP contribution in [-0.2, 0) is 25.0 Å². The molecular weight excluding hydrogens is 444 g/mol. The minimum absolute atomic E-state index is 0.0938. The maximum Gasteiger partial charge on any atom is 0.332 e. The predicted molar refractivity (Wildman–Crippen MR) is 123 cm³/mol. The van der Waals surface area contributed by atoms with Crippen molar-refractivity contribution in [2.75, 3.05) is 0 Å². The Hall–Kier alpha value is -3.27. The maximum absolute atomic E-state index is 13.0. The molecule has 3 aromatic heterocycles. The topological polar surface area (TPSA) is 116 Å². The van der Waals surface area contributed by atoms with Gasteiger partial charge >= 0.3 is 5.69 Å². The van der Waals surface area contributed by atoms with Crippen molar-refractivity contribution in [3.05, 3.63) is 67.8 Å². The van der Waals surface area contributed by atoms with Crippen LogP contribution < -0.4 is 11.2 Å². The highest BCUT2D eigenvalue weighted by molar-refractivity contribution is 6.28. The second-order valence-electron chi connectivity index (χ2n) is 8.48. The number of aromatic amines is 1. The van der Waals surface area contributed by atoms with Gasteiger partial charge in [0.1, 0.15) is 0 Å². The van der Waals surface area contributed by atoms with Crippen molar-refractivity contribution in [3.8, 4) is 0 Å². The van der Waals surface area contributed by atoms with Gasteiger partial charge in [-0.15, -0.1) is 10.2 Å². The first-order valence-corrected chi connectivity index (χ1v) is 11.6. The van der Waals surface area contributed by atoms with Crippen LogP contribution in [0.25, 0.3) is 11.2 Å². The summed E-state index contributed by atoms with van der Waals surface area (Å²) in [6.45, 7) is 3.19. The largest absolute Gasteiger partial charge is 0.332 e.